The molecule has 3 aliphatic heterocycles. The number of anilines is 1. The fourth-order valence-corrected chi connectivity index (χ4v) is 4.06. The number of ether oxygens (including phenoxy) is 2. The molecule has 4 rings (SSSR count). The third-order valence-electron chi connectivity index (χ3n) is 5.78. The van der Waals surface area contributed by atoms with Gasteiger partial charge >= 0.3 is 0 Å². The van der Waals surface area contributed by atoms with E-state index in [-0.39, 0.29) is 5.91 Å². The zero-order valence-electron chi connectivity index (χ0n) is 15.5. The summed E-state index contributed by atoms with van der Waals surface area (Å²) in [4.78, 5) is 23.9. The first-order chi connectivity index (χ1) is 12.7. The predicted octanol–water partition coefficient (Wildman–Crippen LogP) is 1.20. The van der Waals surface area contributed by atoms with E-state index in [2.05, 4.69) is 21.7 Å². The number of aromatic nitrogens is 1. The van der Waals surface area contributed by atoms with Gasteiger partial charge in [0.2, 0.25) is 0 Å². The first kappa shape index (κ1) is 17.7. The molecule has 0 saturated carbocycles. The molecule has 3 aliphatic rings. The Morgan fingerprint density at radius 2 is 1.77 bits per heavy atom. The fourth-order valence-electron chi connectivity index (χ4n) is 4.06. The summed E-state index contributed by atoms with van der Waals surface area (Å²) >= 11 is 0. The van der Waals surface area contributed by atoms with Crippen LogP contribution in [0.4, 0.5) is 5.69 Å². The molecule has 26 heavy (non-hydrogen) atoms. The summed E-state index contributed by atoms with van der Waals surface area (Å²) in [5.41, 5.74) is 1.71. The second kappa shape index (κ2) is 7.50. The zero-order chi connectivity index (χ0) is 18.0. The Bertz CT molecular complexity index is 629. The van der Waals surface area contributed by atoms with Crippen molar-refractivity contribution in [1.82, 2.24) is 14.8 Å². The molecule has 0 aliphatic carbocycles. The molecular weight excluding hydrogens is 332 g/mol. The minimum Gasteiger partial charge on any atom is -0.368 e. The third kappa shape index (κ3) is 3.56. The Morgan fingerprint density at radius 3 is 2.42 bits per heavy atom. The first-order valence-electron chi connectivity index (χ1n) is 9.69. The summed E-state index contributed by atoms with van der Waals surface area (Å²) in [6.07, 6.45) is 5.03. The molecular formula is C19H28N4O3. The van der Waals surface area contributed by atoms with E-state index < -0.39 is 5.79 Å². The number of carbonyl (C=O) groups excluding carboxylic acids is 1. The molecule has 142 valence electrons. The molecule has 1 aromatic rings. The maximum absolute atomic E-state index is 12.9. The Hall–Kier alpha value is -1.70. The van der Waals surface area contributed by atoms with Crippen molar-refractivity contribution in [1.29, 1.82) is 0 Å². The highest BCUT2D eigenvalue weighted by Gasteiger charge is 2.40. The van der Waals surface area contributed by atoms with Crippen LogP contribution in [0, 0.1) is 0 Å². The van der Waals surface area contributed by atoms with Gasteiger partial charge in [-0.15, -0.1) is 0 Å². The number of piperidine rings is 1. The molecule has 1 spiro atoms. The van der Waals surface area contributed by atoms with Crippen LogP contribution < -0.4 is 4.90 Å². The van der Waals surface area contributed by atoms with E-state index in [0.29, 0.717) is 31.9 Å². The van der Waals surface area contributed by atoms with E-state index in [0.717, 1.165) is 51.3 Å². The second-order valence-electron chi connectivity index (χ2n) is 7.25. The van der Waals surface area contributed by atoms with E-state index >= 15 is 0 Å². The molecule has 0 radical (unpaired) electrons. The molecule has 0 unspecified atom stereocenters. The molecule has 0 aromatic carbocycles. The van der Waals surface area contributed by atoms with Crippen molar-refractivity contribution in [2.75, 3.05) is 63.9 Å². The molecule has 1 aromatic heterocycles. The molecule has 3 fully saturated rings. The van der Waals surface area contributed by atoms with Gasteiger partial charge in [-0.2, -0.15) is 0 Å². The SMILES string of the molecule is CCN1CCN(c2cncc(C(=O)N3CCC4(CC3)OCCO4)c2)CC1. The van der Waals surface area contributed by atoms with Gasteiger partial charge in [-0.25, -0.2) is 0 Å². The molecule has 7 nitrogen and oxygen atoms in total. The van der Waals surface area contributed by atoms with Gasteiger partial charge in [0.1, 0.15) is 0 Å². The first-order valence-corrected chi connectivity index (χ1v) is 9.69. The van der Waals surface area contributed by atoms with Crippen LogP contribution in [-0.2, 0) is 9.47 Å². The Kier molecular flexibility index (Phi) is 5.11. The normalized spacial score (nSPS) is 23.6. The zero-order valence-corrected chi connectivity index (χ0v) is 15.5. The number of likely N-dealkylation sites (tertiary alicyclic amines) is 1. The number of amides is 1. The lowest BCUT2D eigenvalue weighted by atomic mass is 10.0. The van der Waals surface area contributed by atoms with Crippen LogP contribution >= 0.6 is 0 Å². The second-order valence-corrected chi connectivity index (χ2v) is 7.25. The number of pyridine rings is 1. The van der Waals surface area contributed by atoms with E-state index in [4.69, 9.17) is 9.47 Å². The van der Waals surface area contributed by atoms with Gasteiger partial charge in [-0.05, 0) is 12.6 Å². The van der Waals surface area contributed by atoms with Gasteiger partial charge in [0.15, 0.2) is 5.79 Å². The van der Waals surface area contributed by atoms with Gasteiger partial charge in [-0.1, -0.05) is 6.92 Å². The van der Waals surface area contributed by atoms with Gasteiger partial charge in [0, 0.05) is 58.3 Å². The van der Waals surface area contributed by atoms with Crippen molar-refractivity contribution in [2.45, 2.75) is 25.6 Å². The van der Waals surface area contributed by atoms with Crippen LogP contribution in [0.25, 0.3) is 0 Å². The lowest BCUT2D eigenvalue weighted by molar-refractivity contribution is -0.181. The maximum atomic E-state index is 12.9. The van der Waals surface area contributed by atoms with Gasteiger partial charge in [-0.3, -0.25) is 9.78 Å². The Morgan fingerprint density at radius 1 is 1.08 bits per heavy atom. The fraction of sp³-hybridized carbons (Fsp3) is 0.684. The van der Waals surface area contributed by atoms with Gasteiger partial charge in [0.05, 0.1) is 30.7 Å². The van der Waals surface area contributed by atoms with Crippen LogP contribution in [0.5, 0.6) is 0 Å². The quantitative estimate of drug-likeness (QED) is 0.807. The highest BCUT2D eigenvalue weighted by molar-refractivity contribution is 5.94. The van der Waals surface area contributed by atoms with Gasteiger partial charge in [0.25, 0.3) is 5.91 Å². The van der Waals surface area contributed by atoms with Crippen molar-refractivity contribution in [3.05, 3.63) is 24.0 Å². The van der Waals surface area contributed by atoms with E-state index in [1.807, 2.05) is 17.2 Å². The highest BCUT2D eigenvalue weighted by Crippen LogP contribution is 2.31. The average Bonchev–Trinajstić information content (AvgIpc) is 3.16. The summed E-state index contributed by atoms with van der Waals surface area (Å²) in [7, 11) is 0. The standard InChI is InChI=1S/C19H28N4O3/c1-2-21-7-9-22(10-8-21)17-13-16(14-20-15-17)18(24)23-5-3-19(4-6-23)25-11-12-26-19/h13-15H,2-12H2,1H3. The predicted molar refractivity (Wildman–Crippen MR) is 98.3 cm³/mol. The maximum Gasteiger partial charge on any atom is 0.255 e. The lowest BCUT2D eigenvalue weighted by Gasteiger charge is -2.38. The van der Waals surface area contributed by atoms with E-state index in [9.17, 15) is 4.79 Å². The minimum atomic E-state index is -0.449. The largest absolute Gasteiger partial charge is 0.368 e. The number of hydrogen-bond acceptors (Lipinski definition) is 6. The monoisotopic (exact) mass is 360 g/mol. The van der Waals surface area contributed by atoms with Crippen LogP contribution in [0.15, 0.2) is 18.5 Å². The van der Waals surface area contributed by atoms with Crippen LogP contribution in [0.2, 0.25) is 0 Å². The lowest BCUT2D eigenvalue weighted by Crippen LogP contribution is -2.47. The molecule has 0 atom stereocenters. The number of carbonyl (C=O) groups is 1. The molecule has 4 heterocycles. The number of rotatable bonds is 3. The summed E-state index contributed by atoms with van der Waals surface area (Å²) in [5, 5.41) is 0. The molecule has 0 bridgehead atoms. The third-order valence-corrected chi connectivity index (χ3v) is 5.78. The minimum absolute atomic E-state index is 0.0550. The van der Waals surface area contributed by atoms with E-state index in [1.165, 1.54) is 0 Å². The summed E-state index contributed by atoms with van der Waals surface area (Å²) in [6.45, 7) is 10.0. The van der Waals surface area contributed by atoms with Crippen molar-refractivity contribution in [2.24, 2.45) is 0 Å². The van der Waals surface area contributed by atoms with Crippen molar-refractivity contribution in [3.63, 3.8) is 0 Å². The van der Waals surface area contributed by atoms with Gasteiger partial charge < -0.3 is 24.2 Å². The number of nitrogens with zero attached hydrogens (tertiary/aromatic N) is 4. The van der Waals surface area contributed by atoms with Crippen LogP contribution in [0.3, 0.4) is 0 Å². The Balaban J connectivity index is 1.39. The van der Waals surface area contributed by atoms with Crippen LogP contribution in [0.1, 0.15) is 30.1 Å². The highest BCUT2D eigenvalue weighted by atomic mass is 16.7. The Labute approximate surface area is 154 Å². The summed E-state index contributed by atoms with van der Waals surface area (Å²) in [6, 6.07) is 1.99. The number of piperazine rings is 1. The topological polar surface area (TPSA) is 58.1 Å². The smallest absolute Gasteiger partial charge is 0.255 e. The number of hydrogen-bond donors (Lipinski definition) is 0. The molecule has 0 N–H and O–H groups in total. The van der Waals surface area contributed by atoms with Crippen molar-refractivity contribution >= 4 is 11.6 Å². The molecule has 3 saturated heterocycles. The summed E-state index contributed by atoms with van der Waals surface area (Å²) < 4.78 is 11.5. The summed E-state index contributed by atoms with van der Waals surface area (Å²) in [5.74, 6) is -0.394. The van der Waals surface area contributed by atoms with Crippen molar-refractivity contribution < 1.29 is 14.3 Å². The number of likely N-dealkylation sites (N-methyl/N-ethyl adjacent to an activating group) is 1. The molecule has 7 heteroatoms. The van der Waals surface area contributed by atoms with Crippen LogP contribution in [-0.4, -0.2) is 85.5 Å². The average molecular weight is 360 g/mol. The van der Waals surface area contributed by atoms with E-state index in [1.54, 1.807) is 6.20 Å². The van der Waals surface area contributed by atoms with Crippen molar-refractivity contribution in [3.8, 4) is 0 Å². The molecule has 1 amide bonds.